The molecule has 0 aliphatic carbocycles. The van der Waals surface area contributed by atoms with Crippen LogP contribution in [0.25, 0.3) is 0 Å². The molecule has 17 heavy (non-hydrogen) atoms. The lowest BCUT2D eigenvalue weighted by molar-refractivity contribution is -0.120. The zero-order chi connectivity index (χ0) is 13.1. The summed E-state index contributed by atoms with van der Waals surface area (Å²) in [7, 11) is 0. The van der Waals surface area contributed by atoms with E-state index in [9.17, 15) is 9.59 Å². The molecule has 8 nitrogen and oxygen atoms in total. The highest BCUT2D eigenvalue weighted by Crippen LogP contribution is 2.18. The van der Waals surface area contributed by atoms with Gasteiger partial charge in [0.05, 0.1) is 6.54 Å². The number of primary amides is 1. The third kappa shape index (κ3) is 3.82. The highest BCUT2D eigenvalue weighted by Gasteiger charge is 2.22. The SMILES string of the molecule is CC(C)(C)c1nnnn1CCC(=O)NC(N)=O. The second-order valence-corrected chi connectivity index (χ2v) is 4.64. The van der Waals surface area contributed by atoms with Crippen molar-refractivity contribution in [3.63, 3.8) is 0 Å². The van der Waals surface area contributed by atoms with E-state index in [0.717, 1.165) is 0 Å². The average Bonchev–Trinajstić information content (AvgIpc) is 2.60. The summed E-state index contributed by atoms with van der Waals surface area (Å²) in [5.41, 5.74) is 4.62. The number of hydrogen-bond donors (Lipinski definition) is 2. The number of aromatic nitrogens is 4. The number of carbonyl (C=O) groups is 2. The van der Waals surface area contributed by atoms with Crippen LogP contribution in [0.5, 0.6) is 0 Å². The molecule has 1 aromatic rings. The Labute approximate surface area is 98.5 Å². The van der Waals surface area contributed by atoms with Crippen LogP contribution in [0.1, 0.15) is 33.0 Å². The van der Waals surface area contributed by atoms with E-state index in [2.05, 4.69) is 15.5 Å². The van der Waals surface area contributed by atoms with Gasteiger partial charge in [-0.3, -0.25) is 10.1 Å². The molecule has 94 valence electrons. The van der Waals surface area contributed by atoms with Crippen LogP contribution in [-0.4, -0.2) is 32.1 Å². The maximum absolute atomic E-state index is 11.2. The molecular formula is C9H16N6O2. The van der Waals surface area contributed by atoms with Crippen LogP contribution in [-0.2, 0) is 16.8 Å². The van der Waals surface area contributed by atoms with Gasteiger partial charge in [-0.25, -0.2) is 9.48 Å². The molecule has 1 heterocycles. The number of aryl methyl sites for hydroxylation is 1. The van der Waals surface area contributed by atoms with Gasteiger partial charge in [0.25, 0.3) is 0 Å². The fourth-order valence-electron chi connectivity index (χ4n) is 1.30. The second kappa shape index (κ2) is 4.89. The molecule has 0 aliphatic heterocycles. The minimum Gasteiger partial charge on any atom is -0.351 e. The van der Waals surface area contributed by atoms with Crippen molar-refractivity contribution >= 4 is 11.9 Å². The maximum Gasteiger partial charge on any atom is 0.318 e. The molecule has 0 aliphatic rings. The number of amides is 3. The first-order valence-electron chi connectivity index (χ1n) is 5.16. The van der Waals surface area contributed by atoms with E-state index in [4.69, 9.17) is 5.73 Å². The van der Waals surface area contributed by atoms with E-state index in [1.165, 1.54) is 0 Å². The van der Waals surface area contributed by atoms with Gasteiger partial charge in [0, 0.05) is 11.8 Å². The number of rotatable bonds is 3. The predicted molar refractivity (Wildman–Crippen MR) is 58.9 cm³/mol. The Morgan fingerprint density at radius 1 is 1.41 bits per heavy atom. The topological polar surface area (TPSA) is 116 Å². The molecule has 0 saturated carbocycles. The third-order valence-electron chi connectivity index (χ3n) is 2.02. The maximum atomic E-state index is 11.2. The van der Waals surface area contributed by atoms with Crippen LogP contribution < -0.4 is 11.1 Å². The Bertz CT molecular complexity index is 419. The van der Waals surface area contributed by atoms with Crippen LogP contribution in [0.4, 0.5) is 4.79 Å². The fraction of sp³-hybridized carbons (Fsp3) is 0.667. The first-order valence-corrected chi connectivity index (χ1v) is 5.16. The van der Waals surface area contributed by atoms with Crippen molar-refractivity contribution in [2.45, 2.75) is 39.2 Å². The molecule has 0 radical (unpaired) electrons. The van der Waals surface area contributed by atoms with Crippen molar-refractivity contribution in [1.29, 1.82) is 0 Å². The van der Waals surface area contributed by atoms with E-state index in [0.29, 0.717) is 12.4 Å². The average molecular weight is 240 g/mol. The van der Waals surface area contributed by atoms with Gasteiger partial charge in [-0.05, 0) is 10.4 Å². The summed E-state index contributed by atoms with van der Waals surface area (Å²) in [6.07, 6.45) is 0.0943. The molecule has 3 amide bonds. The zero-order valence-electron chi connectivity index (χ0n) is 10.1. The van der Waals surface area contributed by atoms with E-state index >= 15 is 0 Å². The number of nitrogens with zero attached hydrogens (tertiary/aromatic N) is 4. The summed E-state index contributed by atoms with van der Waals surface area (Å²) in [6.45, 7) is 6.22. The van der Waals surface area contributed by atoms with Crippen molar-refractivity contribution < 1.29 is 9.59 Å². The Morgan fingerprint density at radius 3 is 2.59 bits per heavy atom. The highest BCUT2D eigenvalue weighted by molar-refractivity contribution is 5.93. The molecule has 8 heteroatoms. The Morgan fingerprint density at radius 2 is 2.06 bits per heavy atom. The molecule has 3 N–H and O–H groups in total. The van der Waals surface area contributed by atoms with Gasteiger partial charge in [0.1, 0.15) is 0 Å². The fourth-order valence-corrected chi connectivity index (χ4v) is 1.30. The summed E-state index contributed by atoms with van der Waals surface area (Å²) < 4.78 is 1.54. The molecule has 0 aromatic carbocycles. The molecular weight excluding hydrogens is 224 g/mol. The van der Waals surface area contributed by atoms with Crippen molar-refractivity contribution in [1.82, 2.24) is 25.5 Å². The van der Waals surface area contributed by atoms with Gasteiger partial charge < -0.3 is 5.73 Å². The van der Waals surface area contributed by atoms with Crippen molar-refractivity contribution in [2.75, 3.05) is 0 Å². The zero-order valence-corrected chi connectivity index (χ0v) is 10.1. The predicted octanol–water partition coefficient (Wildman–Crippen LogP) is -0.444. The van der Waals surface area contributed by atoms with Crippen molar-refractivity contribution in [2.24, 2.45) is 5.73 Å². The lowest BCUT2D eigenvalue weighted by Crippen LogP contribution is -2.35. The Hall–Kier alpha value is -1.99. The summed E-state index contributed by atoms with van der Waals surface area (Å²) in [4.78, 5) is 21.7. The number of nitrogens with one attached hydrogen (secondary N) is 1. The smallest absolute Gasteiger partial charge is 0.318 e. The molecule has 1 rings (SSSR count). The van der Waals surface area contributed by atoms with Crippen LogP contribution in [0.15, 0.2) is 0 Å². The summed E-state index contributed by atoms with van der Waals surface area (Å²) >= 11 is 0. The third-order valence-corrected chi connectivity index (χ3v) is 2.02. The Balaban J connectivity index is 2.61. The van der Waals surface area contributed by atoms with Gasteiger partial charge in [-0.15, -0.1) is 5.10 Å². The first-order chi connectivity index (χ1) is 7.80. The number of tetrazole rings is 1. The van der Waals surface area contributed by atoms with Gasteiger partial charge >= 0.3 is 6.03 Å². The molecule has 0 unspecified atom stereocenters. The summed E-state index contributed by atoms with van der Waals surface area (Å²) in [5.74, 6) is 0.234. The van der Waals surface area contributed by atoms with Crippen LogP contribution in [0, 0.1) is 0 Å². The molecule has 0 spiro atoms. The van der Waals surface area contributed by atoms with Crippen LogP contribution in [0.2, 0.25) is 0 Å². The number of nitrogens with two attached hydrogens (primary N) is 1. The van der Waals surface area contributed by atoms with Crippen LogP contribution >= 0.6 is 0 Å². The normalized spacial score (nSPS) is 11.2. The molecule has 0 bridgehead atoms. The quantitative estimate of drug-likeness (QED) is 0.742. The van der Waals surface area contributed by atoms with E-state index in [1.54, 1.807) is 4.68 Å². The lowest BCUT2D eigenvalue weighted by Gasteiger charge is -2.16. The van der Waals surface area contributed by atoms with Crippen LogP contribution in [0.3, 0.4) is 0 Å². The summed E-state index contributed by atoms with van der Waals surface area (Å²) in [5, 5.41) is 13.2. The second-order valence-electron chi connectivity index (χ2n) is 4.64. The molecule has 1 aromatic heterocycles. The van der Waals surface area contributed by atoms with Gasteiger partial charge in [-0.2, -0.15) is 0 Å². The standard InChI is InChI=1S/C9H16N6O2/c1-9(2,3)7-12-13-14-15(7)5-4-6(16)11-8(10)17/h4-5H2,1-3H3,(H3,10,11,16,17). The van der Waals surface area contributed by atoms with E-state index in [-0.39, 0.29) is 11.8 Å². The van der Waals surface area contributed by atoms with E-state index in [1.807, 2.05) is 26.1 Å². The monoisotopic (exact) mass is 240 g/mol. The molecule has 0 atom stereocenters. The van der Waals surface area contributed by atoms with Gasteiger partial charge in [0.2, 0.25) is 5.91 Å². The number of urea groups is 1. The summed E-state index contributed by atoms with van der Waals surface area (Å²) in [6, 6.07) is -0.859. The van der Waals surface area contributed by atoms with Gasteiger partial charge in [0.15, 0.2) is 5.82 Å². The minimum absolute atomic E-state index is 0.0943. The Kier molecular flexibility index (Phi) is 3.77. The van der Waals surface area contributed by atoms with Gasteiger partial charge in [-0.1, -0.05) is 20.8 Å². The largest absolute Gasteiger partial charge is 0.351 e. The van der Waals surface area contributed by atoms with Crippen molar-refractivity contribution in [3.05, 3.63) is 5.82 Å². The number of carbonyl (C=O) groups excluding carboxylic acids is 2. The molecule has 0 fully saturated rings. The van der Waals surface area contributed by atoms with E-state index < -0.39 is 11.9 Å². The highest BCUT2D eigenvalue weighted by atomic mass is 16.2. The number of hydrogen-bond acceptors (Lipinski definition) is 5. The first kappa shape index (κ1) is 13.1. The lowest BCUT2D eigenvalue weighted by atomic mass is 9.96. The molecule has 0 saturated heterocycles. The number of imide groups is 1. The van der Waals surface area contributed by atoms with Crippen molar-refractivity contribution in [3.8, 4) is 0 Å². The minimum atomic E-state index is -0.859.